The van der Waals surface area contributed by atoms with Gasteiger partial charge in [-0.05, 0) is 12.8 Å². The van der Waals surface area contributed by atoms with Crippen molar-refractivity contribution in [1.82, 2.24) is 9.88 Å². The highest BCUT2D eigenvalue weighted by Gasteiger charge is 2.48. The zero-order chi connectivity index (χ0) is 18.8. The van der Waals surface area contributed by atoms with Crippen LogP contribution in [0.3, 0.4) is 0 Å². The molecule has 2 aromatic rings. The van der Waals surface area contributed by atoms with Crippen molar-refractivity contribution in [2.24, 2.45) is 11.8 Å². The minimum Gasteiger partial charge on any atom is -0.454 e. The second-order valence-corrected chi connectivity index (χ2v) is 6.91. The SMILES string of the molecule is O=C(CN1C(=O)C2CCCCC2C1=O)OCc1ncc(-c2ccccc2)o1. The lowest BCUT2D eigenvalue weighted by Crippen LogP contribution is -2.36. The standard InChI is InChI=1S/C20H20N2O5/c23-18(11-22-19(24)14-8-4-5-9-15(14)20(22)25)26-12-17-21-10-16(27-17)13-6-2-1-3-7-13/h1-3,6-7,10,14-15H,4-5,8-9,11-12H2. The van der Waals surface area contributed by atoms with Crippen LogP contribution in [-0.4, -0.2) is 34.2 Å². The molecule has 2 fully saturated rings. The lowest BCUT2D eigenvalue weighted by Gasteiger charge is -2.19. The zero-order valence-electron chi connectivity index (χ0n) is 14.8. The summed E-state index contributed by atoms with van der Waals surface area (Å²) in [6.45, 7) is -0.494. The van der Waals surface area contributed by atoms with E-state index in [1.54, 1.807) is 6.20 Å². The molecule has 2 unspecified atom stereocenters. The number of hydrogen-bond acceptors (Lipinski definition) is 6. The number of ether oxygens (including phenoxy) is 1. The molecule has 0 spiro atoms. The first-order valence-electron chi connectivity index (χ1n) is 9.14. The normalized spacial score (nSPS) is 22.0. The molecule has 2 amide bonds. The molecular formula is C20H20N2O5. The number of likely N-dealkylation sites (tertiary alicyclic amines) is 1. The average molecular weight is 368 g/mol. The van der Waals surface area contributed by atoms with E-state index in [1.165, 1.54) is 0 Å². The number of imide groups is 1. The van der Waals surface area contributed by atoms with Gasteiger partial charge in [0.1, 0.15) is 6.54 Å². The Morgan fingerprint density at radius 1 is 1.11 bits per heavy atom. The molecule has 27 heavy (non-hydrogen) atoms. The third-order valence-corrected chi connectivity index (χ3v) is 5.19. The molecule has 140 valence electrons. The van der Waals surface area contributed by atoms with Gasteiger partial charge in [0.2, 0.25) is 17.7 Å². The van der Waals surface area contributed by atoms with Crippen LogP contribution in [0.2, 0.25) is 0 Å². The summed E-state index contributed by atoms with van der Waals surface area (Å²) in [6.07, 6.45) is 4.91. The average Bonchev–Trinajstić information content (AvgIpc) is 3.27. The molecule has 2 heterocycles. The fourth-order valence-electron chi connectivity index (χ4n) is 3.82. The van der Waals surface area contributed by atoms with Gasteiger partial charge < -0.3 is 9.15 Å². The number of carbonyl (C=O) groups is 3. The van der Waals surface area contributed by atoms with Crippen molar-refractivity contribution < 1.29 is 23.5 Å². The minimum atomic E-state index is -0.644. The molecular weight excluding hydrogens is 348 g/mol. The summed E-state index contributed by atoms with van der Waals surface area (Å²) in [7, 11) is 0. The first-order valence-corrected chi connectivity index (χ1v) is 9.14. The second kappa shape index (κ2) is 7.34. The molecule has 1 saturated heterocycles. The number of esters is 1. The quantitative estimate of drug-likeness (QED) is 0.595. The highest BCUT2D eigenvalue weighted by Crippen LogP contribution is 2.37. The molecule has 2 aliphatic rings. The molecule has 2 atom stereocenters. The number of carbonyl (C=O) groups excluding carboxylic acids is 3. The Morgan fingerprint density at radius 3 is 2.44 bits per heavy atom. The number of rotatable bonds is 5. The Kier molecular flexibility index (Phi) is 4.75. The smallest absolute Gasteiger partial charge is 0.326 e. The van der Waals surface area contributed by atoms with Crippen LogP contribution < -0.4 is 0 Å². The van der Waals surface area contributed by atoms with Crippen LogP contribution in [0.1, 0.15) is 31.6 Å². The van der Waals surface area contributed by atoms with Gasteiger partial charge >= 0.3 is 5.97 Å². The molecule has 1 saturated carbocycles. The molecule has 4 rings (SSSR count). The minimum absolute atomic E-state index is 0.144. The molecule has 1 aromatic carbocycles. The Balaban J connectivity index is 1.33. The first-order chi connectivity index (χ1) is 13.1. The Hall–Kier alpha value is -2.96. The molecule has 1 aliphatic carbocycles. The van der Waals surface area contributed by atoms with Crippen molar-refractivity contribution in [2.45, 2.75) is 32.3 Å². The number of amides is 2. The van der Waals surface area contributed by atoms with E-state index in [9.17, 15) is 14.4 Å². The van der Waals surface area contributed by atoms with E-state index in [0.717, 1.165) is 36.1 Å². The summed E-state index contributed by atoms with van der Waals surface area (Å²) in [5, 5.41) is 0. The van der Waals surface area contributed by atoms with Gasteiger partial charge in [-0.2, -0.15) is 0 Å². The maximum Gasteiger partial charge on any atom is 0.326 e. The molecule has 0 N–H and O–H groups in total. The topological polar surface area (TPSA) is 89.7 Å². The van der Waals surface area contributed by atoms with Crippen LogP contribution in [0.4, 0.5) is 0 Å². The number of fused-ring (bicyclic) bond motifs is 1. The number of hydrogen-bond donors (Lipinski definition) is 0. The maximum absolute atomic E-state index is 12.4. The van der Waals surface area contributed by atoms with Crippen molar-refractivity contribution in [3.05, 3.63) is 42.4 Å². The van der Waals surface area contributed by atoms with Crippen molar-refractivity contribution in [3.63, 3.8) is 0 Å². The van der Waals surface area contributed by atoms with Crippen molar-refractivity contribution >= 4 is 17.8 Å². The van der Waals surface area contributed by atoms with E-state index in [2.05, 4.69) is 4.98 Å². The summed E-state index contributed by atoms with van der Waals surface area (Å²) in [5.74, 6) is -0.827. The van der Waals surface area contributed by atoms with E-state index in [-0.39, 0.29) is 42.7 Å². The van der Waals surface area contributed by atoms with E-state index in [4.69, 9.17) is 9.15 Å². The van der Waals surface area contributed by atoms with Crippen molar-refractivity contribution in [1.29, 1.82) is 0 Å². The van der Waals surface area contributed by atoms with Gasteiger partial charge in [0.15, 0.2) is 12.4 Å². The largest absolute Gasteiger partial charge is 0.454 e. The predicted molar refractivity (Wildman–Crippen MR) is 93.9 cm³/mol. The number of benzene rings is 1. The summed E-state index contributed by atoms with van der Waals surface area (Å²) in [4.78, 5) is 42.0. The van der Waals surface area contributed by atoms with Crippen LogP contribution in [0.15, 0.2) is 40.9 Å². The molecule has 0 bridgehead atoms. The lowest BCUT2D eigenvalue weighted by atomic mass is 9.81. The van der Waals surface area contributed by atoms with E-state index >= 15 is 0 Å². The van der Waals surface area contributed by atoms with Crippen LogP contribution >= 0.6 is 0 Å². The summed E-state index contributed by atoms with van der Waals surface area (Å²) in [6, 6.07) is 9.46. The van der Waals surface area contributed by atoms with Crippen LogP contribution in [0, 0.1) is 11.8 Å². The van der Waals surface area contributed by atoms with E-state index < -0.39 is 5.97 Å². The van der Waals surface area contributed by atoms with E-state index in [0.29, 0.717) is 5.76 Å². The lowest BCUT2D eigenvalue weighted by molar-refractivity contribution is -0.154. The van der Waals surface area contributed by atoms with Gasteiger partial charge in [-0.15, -0.1) is 0 Å². The fraction of sp³-hybridized carbons (Fsp3) is 0.400. The molecule has 1 aromatic heterocycles. The third kappa shape index (κ3) is 3.49. The molecule has 7 heteroatoms. The van der Waals surface area contributed by atoms with Gasteiger partial charge in [0.05, 0.1) is 18.0 Å². The first kappa shape index (κ1) is 17.5. The van der Waals surface area contributed by atoms with Crippen LogP contribution in [0.25, 0.3) is 11.3 Å². The molecule has 1 aliphatic heterocycles. The summed E-state index contributed by atoms with van der Waals surface area (Å²) < 4.78 is 10.7. The maximum atomic E-state index is 12.4. The molecule has 0 radical (unpaired) electrons. The summed E-state index contributed by atoms with van der Waals surface area (Å²) in [5.41, 5.74) is 0.874. The van der Waals surface area contributed by atoms with Crippen LogP contribution in [-0.2, 0) is 25.7 Å². The Bertz CT molecular complexity index is 836. The van der Waals surface area contributed by atoms with E-state index in [1.807, 2.05) is 30.3 Å². The second-order valence-electron chi connectivity index (χ2n) is 6.91. The number of oxazole rings is 1. The fourth-order valence-corrected chi connectivity index (χ4v) is 3.82. The zero-order valence-corrected chi connectivity index (χ0v) is 14.8. The predicted octanol–water partition coefficient (Wildman–Crippen LogP) is 2.56. The Labute approximate surface area is 156 Å². The van der Waals surface area contributed by atoms with Gasteiger partial charge in [0.25, 0.3) is 0 Å². The van der Waals surface area contributed by atoms with Crippen LogP contribution in [0.5, 0.6) is 0 Å². The Morgan fingerprint density at radius 2 is 1.78 bits per heavy atom. The van der Waals surface area contributed by atoms with Gasteiger partial charge in [-0.25, -0.2) is 4.98 Å². The third-order valence-electron chi connectivity index (χ3n) is 5.19. The van der Waals surface area contributed by atoms with Gasteiger partial charge in [0, 0.05) is 5.56 Å². The van der Waals surface area contributed by atoms with Crippen molar-refractivity contribution in [2.75, 3.05) is 6.54 Å². The van der Waals surface area contributed by atoms with Gasteiger partial charge in [-0.3, -0.25) is 19.3 Å². The highest BCUT2D eigenvalue weighted by atomic mass is 16.5. The van der Waals surface area contributed by atoms with Crippen molar-refractivity contribution in [3.8, 4) is 11.3 Å². The number of aromatic nitrogens is 1. The molecule has 7 nitrogen and oxygen atoms in total. The highest BCUT2D eigenvalue weighted by molar-refractivity contribution is 6.07. The summed E-state index contributed by atoms with van der Waals surface area (Å²) >= 11 is 0. The monoisotopic (exact) mass is 368 g/mol. The van der Waals surface area contributed by atoms with Gasteiger partial charge in [-0.1, -0.05) is 43.2 Å². The number of nitrogens with zero attached hydrogens (tertiary/aromatic N) is 2.